The predicted octanol–water partition coefficient (Wildman–Crippen LogP) is 3.60. The standard InChI is InChI=1S/C20H13FN4O2/c21-16-5-3-6-17(9-16)24-19(26)14-8-15(12-23-11-14)20(27)25-18-7-2-1-4-13(18)10-22/h1-9,11-12H,(H,24,26)(H,25,27). The fourth-order valence-electron chi connectivity index (χ4n) is 2.34. The Morgan fingerprint density at radius 1 is 0.926 bits per heavy atom. The summed E-state index contributed by atoms with van der Waals surface area (Å²) in [5, 5.41) is 14.2. The van der Waals surface area contributed by atoms with Crippen LogP contribution in [-0.4, -0.2) is 16.8 Å². The van der Waals surface area contributed by atoms with Gasteiger partial charge in [-0.15, -0.1) is 0 Å². The average Bonchev–Trinajstić information content (AvgIpc) is 2.68. The van der Waals surface area contributed by atoms with Crippen LogP contribution in [0.5, 0.6) is 0 Å². The molecule has 7 heteroatoms. The molecular weight excluding hydrogens is 347 g/mol. The van der Waals surface area contributed by atoms with Crippen LogP contribution in [-0.2, 0) is 0 Å². The second-order valence-electron chi connectivity index (χ2n) is 5.54. The Labute approximate surface area is 154 Å². The number of nitriles is 1. The number of hydrogen-bond acceptors (Lipinski definition) is 4. The van der Waals surface area contributed by atoms with E-state index in [0.717, 1.165) is 0 Å². The van der Waals surface area contributed by atoms with E-state index in [-0.39, 0.29) is 16.8 Å². The molecule has 0 aliphatic carbocycles. The van der Waals surface area contributed by atoms with Crippen molar-refractivity contribution >= 4 is 23.2 Å². The number of carbonyl (C=O) groups excluding carboxylic acids is 2. The topological polar surface area (TPSA) is 94.9 Å². The number of hydrogen-bond donors (Lipinski definition) is 2. The monoisotopic (exact) mass is 360 g/mol. The van der Waals surface area contributed by atoms with Gasteiger partial charge in [0.15, 0.2) is 0 Å². The molecule has 1 heterocycles. The number of nitrogens with zero attached hydrogens (tertiary/aromatic N) is 2. The molecule has 0 unspecified atom stereocenters. The minimum absolute atomic E-state index is 0.139. The number of amides is 2. The largest absolute Gasteiger partial charge is 0.322 e. The van der Waals surface area contributed by atoms with Gasteiger partial charge in [0.2, 0.25) is 0 Å². The van der Waals surface area contributed by atoms with Crippen molar-refractivity contribution in [2.24, 2.45) is 0 Å². The Hall–Kier alpha value is -4.05. The van der Waals surface area contributed by atoms with E-state index >= 15 is 0 Å². The van der Waals surface area contributed by atoms with Crippen molar-refractivity contribution in [3.8, 4) is 6.07 Å². The summed E-state index contributed by atoms with van der Waals surface area (Å²) in [5.41, 5.74) is 1.26. The lowest BCUT2D eigenvalue weighted by molar-refractivity contribution is 0.102. The number of carbonyl (C=O) groups is 2. The van der Waals surface area contributed by atoms with Crippen LogP contribution in [0.25, 0.3) is 0 Å². The van der Waals surface area contributed by atoms with Gasteiger partial charge in [-0.05, 0) is 36.4 Å². The normalized spacial score (nSPS) is 9.93. The number of nitrogens with one attached hydrogen (secondary N) is 2. The van der Waals surface area contributed by atoms with Crippen molar-refractivity contribution in [3.05, 3.63) is 89.5 Å². The number of aromatic nitrogens is 1. The summed E-state index contributed by atoms with van der Waals surface area (Å²) in [6, 6.07) is 15.4. The van der Waals surface area contributed by atoms with E-state index in [4.69, 9.17) is 5.26 Å². The van der Waals surface area contributed by atoms with Gasteiger partial charge in [0, 0.05) is 18.1 Å². The van der Waals surface area contributed by atoms with Crippen LogP contribution in [0.15, 0.2) is 67.0 Å². The van der Waals surface area contributed by atoms with Crippen molar-refractivity contribution in [3.63, 3.8) is 0 Å². The molecule has 132 valence electrons. The molecule has 3 rings (SSSR count). The summed E-state index contributed by atoms with van der Waals surface area (Å²) in [4.78, 5) is 28.6. The summed E-state index contributed by atoms with van der Waals surface area (Å²) in [5.74, 6) is -1.51. The van der Waals surface area contributed by atoms with Crippen LogP contribution in [0.1, 0.15) is 26.3 Å². The molecule has 0 bridgehead atoms. The molecule has 0 fully saturated rings. The van der Waals surface area contributed by atoms with Crippen LogP contribution >= 0.6 is 0 Å². The summed E-state index contributed by atoms with van der Waals surface area (Å²) in [6.07, 6.45) is 2.61. The fraction of sp³-hybridized carbons (Fsp3) is 0. The molecule has 0 saturated carbocycles. The van der Waals surface area contributed by atoms with Crippen molar-refractivity contribution in [1.29, 1.82) is 5.26 Å². The first kappa shape index (κ1) is 17.8. The lowest BCUT2D eigenvalue weighted by Crippen LogP contribution is -2.16. The van der Waals surface area contributed by atoms with Crippen molar-refractivity contribution in [2.75, 3.05) is 10.6 Å². The molecule has 2 amide bonds. The van der Waals surface area contributed by atoms with E-state index in [1.165, 1.54) is 36.7 Å². The number of benzene rings is 2. The summed E-state index contributed by atoms with van der Waals surface area (Å²) >= 11 is 0. The van der Waals surface area contributed by atoms with Gasteiger partial charge in [-0.1, -0.05) is 18.2 Å². The molecule has 0 aliphatic rings. The first-order chi connectivity index (χ1) is 13.1. The SMILES string of the molecule is N#Cc1ccccc1NC(=O)c1cncc(C(=O)Nc2cccc(F)c2)c1. The first-order valence-electron chi connectivity index (χ1n) is 7.89. The molecule has 27 heavy (non-hydrogen) atoms. The predicted molar refractivity (Wildman–Crippen MR) is 97.7 cm³/mol. The van der Waals surface area contributed by atoms with E-state index in [0.29, 0.717) is 11.3 Å². The van der Waals surface area contributed by atoms with E-state index in [2.05, 4.69) is 15.6 Å². The summed E-state index contributed by atoms with van der Waals surface area (Å²) in [6.45, 7) is 0. The van der Waals surface area contributed by atoms with E-state index in [1.807, 2.05) is 6.07 Å². The fourth-order valence-corrected chi connectivity index (χ4v) is 2.34. The van der Waals surface area contributed by atoms with Crippen molar-refractivity contribution in [1.82, 2.24) is 4.98 Å². The smallest absolute Gasteiger partial charge is 0.257 e. The second kappa shape index (κ2) is 7.89. The third-order valence-electron chi connectivity index (χ3n) is 3.64. The highest BCUT2D eigenvalue weighted by molar-refractivity contribution is 6.08. The number of halogens is 1. The minimum Gasteiger partial charge on any atom is -0.322 e. The molecule has 6 nitrogen and oxygen atoms in total. The van der Waals surface area contributed by atoms with E-state index in [1.54, 1.807) is 30.3 Å². The van der Waals surface area contributed by atoms with Gasteiger partial charge in [-0.25, -0.2) is 4.39 Å². The van der Waals surface area contributed by atoms with Crippen molar-refractivity contribution in [2.45, 2.75) is 0 Å². The molecule has 0 atom stereocenters. The molecule has 1 aromatic heterocycles. The zero-order valence-electron chi connectivity index (χ0n) is 13.9. The van der Waals surface area contributed by atoms with Gasteiger partial charge in [0.05, 0.1) is 22.4 Å². The zero-order chi connectivity index (χ0) is 19.2. The quantitative estimate of drug-likeness (QED) is 0.743. The highest BCUT2D eigenvalue weighted by Gasteiger charge is 2.13. The maximum Gasteiger partial charge on any atom is 0.257 e. The lowest BCUT2D eigenvalue weighted by Gasteiger charge is -2.08. The molecule has 3 aromatic rings. The van der Waals surface area contributed by atoms with Gasteiger partial charge >= 0.3 is 0 Å². The lowest BCUT2D eigenvalue weighted by atomic mass is 10.1. The molecule has 0 spiro atoms. The Morgan fingerprint density at radius 2 is 1.63 bits per heavy atom. The Bertz CT molecular complexity index is 1060. The van der Waals surface area contributed by atoms with Gasteiger partial charge in [-0.3, -0.25) is 14.6 Å². The van der Waals surface area contributed by atoms with Gasteiger partial charge in [-0.2, -0.15) is 5.26 Å². The number of rotatable bonds is 4. The third kappa shape index (κ3) is 4.32. The van der Waals surface area contributed by atoms with Crippen LogP contribution in [0, 0.1) is 17.1 Å². The maximum atomic E-state index is 13.2. The van der Waals surface area contributed by atoms with Gasteiger partial charge < -0.3 is 10.6 Å². The van der Waals surface area contributed by atoms with Crippen LogP contribution in [0.2, 0.25) is 0 Å². The Kier molecular flexibility index (Phi) is 5.19. The van der Waals surface area contributed by atoms with Gasteiger partial charge in [0.1, 0.15) is 11.9 Å². The van der Waals surface area contributed by atoms with E-state index in [9.17, 15) is 14.0 Å². The average molecular weight is 360 g/mol. The van der Waals surface area contributed by atoms with Crippen LogP contribution in [0.4, 0.5) is 15.8 Å². The Morgan fingerprint density at radius 3 is 2.33 bits per heavy atom. The zero-order valence-corrected chi connectivity index (χ0v) is 13.9. The highest BCUT2D eigenvalue weighted by atomic mass is 19.1. The van der Waals surface area contributed by atoms with E-state index < -0.39 is 17.6 Å². The highest BCUT2D eigenvalue weighted by Crippen LogP contribution is 2.16. The van der Waals surface area contributed by atoms with Gasteiger partial charge in [0.25, 0.3) is 11.8 Å². The molecule has 0 saturated heterocycles. The second-order valence-corrected chi connectivity index (χ2v) is 5.54. The van der Waals surface area contributed by atoms with Crippen LogP contribution < -0.4 is 10.6 Å². The third-order valence-corrected chi connectivity index (χ3v) is 3.64. The first-order valence-corrected chi connectivity index (χ1v) is 7.89. The number of pyridine rings is 1. The molecule has 2 aromatic carbocycles. The number of anilines is 2. The summed E-state index contributed by atoms with van der Waals surface area (Å²) < 4.78 is 13.2. The summed E-state index contributed by atoms with van der Waals surface area (Å²) in [7, 11) is 0. The molecular formula is C20H13FN4O2. The molecule has 0 radical (unpaired) electrons. The number of para-hydroxylation sites is 1. The Balaban J connectivity index is 1.77. The maximum absolute atomic E-state index is 13.2. The van der Waals surface area contributed by atoms with Crippen LogP contribution in [0.3, 0.4) is 0 Å². The molecule has 0 aliphatic heterocycles. The van der Waals surface area contributed by atoms with Crippen molar-refractivity contribution < 1.29 is 14.0 Å². The molecule has 2 N–H and O–H groups in total. The minimum atomic E-state index is -0.528.